The van der Waals surface area contributed by atoms with Gasteiger partial charge < -0.3 is 20.1 Å². The van der Waals surface area contributed by atoms with E-state index in [9.17, 15) is 4.79 Å². The first-order valence-electron chi connectivity index (χ1n) is 8.97. The van der Waals surface area contributed by atoms with Gasteiger partial charge in [0.1, 0.15) is 11.8 Å². The zero-order valence-electron chi connectivity index (χ0n) is 15.7. The van der Waals surface area contributed by atoms with Gasteiger partial charge in [0.05, 0.1) is 12.8 Å². The first kappa shape index (κ1) is 19.9. The zero-order chi connectivity index (χ0) is 18.8. The van der Waals surface area contributed by atoms with Crippen LogP contribution < -0.4 is 15.4 Å². The highest BCUT2D eigenvalue weighted by Crippen LogP contribution is 2.26. The summed E-state index contributed by atoms with van der Waals surface area (Å²) in [6.45, 7) is 6.03. The molecule has 0 spiro atoms. The molecule has 0 radical (unpaired) electrons. The Labute approximate surface area is 155 Å². The molecule has 0 bridgehead atoms. The van der Waals surface area contributed by atoms with Crippen molar-refractivity contribution in [1.82, 2.24) is 5.32 Å². The van der Waals surface area contributed by atoms with Crippen molar-refractivity contribution in [1.29, 1.82) is 0 Å². The highest BCUT2D eigenvalue weighted by molar-refractivity contribution is 5.96. The third-order valence-corrected chi connectivity index (χ3v) is 4.03. The van der Waals surface area contributed by atoms with Gasteiger partial charge in [-0.05, 0) is 50.1 Å². The number of benzene rings is 2. The van der Waals surface area contributed by atoms with Crippen LogP contribution in [0.2, 0.25) is 0 Å². The Balaban J connectivity index is 2.11. The van der Waals surface area contributed by atoms with Gasteiger partial charge in [-0.25, -0.2) is 0 Å². The van der Waals surface area contributed by atoms with Crippen LogP contribution in [-0.4, -0.2) is 32.8 Å². The fourth-order valence-electron chi connectivity index (χ4n) is 2.70. The Morgan fingerprint density at radius 1 is 1.15 bits per heavy atom. The van der Waals surface area contributed by atoms with E-state index in [0.717, 1.165) is 17.5 Å². The monoisotopic (exact) mass is 356 g/mol. The lowest BCUT2D eigenvalue weighted by atomic mass is 10.1. The van der Waals surface area contributed by atoms with Crippen molar-refractivity contribution in [2.24, 2.45) is 0 Å². The maximum absolute atomic E-state index is 13.0. The molecule has 1 atom stereocenters. The van der Waals surface area contributed by atoms with E-state index in [1.165, 1.54) is 0 Å². The topological polar surface area (TPSA) is 59.6 Å². The van der Waals surface area contributed by atoms with Crippen molar-refractivity contribution in [3.63, 3.8) is 0 Å². The SMILES string of the molecule is CCOCCCN[C@H](C(=O)Nc1cc(C)ccc1OC)c1ccccc1. The minimum atomic E-state index is -0.442. The van der Waals surface area contributed by atoms with Gasteiger partial charge in [-0.3, -0.25) is 4.79 Å². The van der Waals surface area contributed by atoms with Crippen molar-refractivity contribution < 1.29 is 14.3 Å². The van der Waals surface area contributed by atoms with Gasteiger partial charge in [0.15, 0.2) is 0 Å². The lowest BCUT2D eigenvalue weighted by Crippen LogP contribution is -2.34. The van der Waals surface area contributed by atoms with Crippen LogP contribution in [0, 0.1) is 6.92 Å². The van der Waals surface area contributed by atoms with Crippen LogP contribution >= 0.6 is 0 Å². The second-order valence-corrected chi connectivity index (χ2v) is 6.04. The summed E-state index contributed by atoms with van der Waals surface area (Å²) in [4.78, 5) is 13.0. The molecule has 0 fully saturated rings. The number of ether oxygens (including phenoxy) is 2. The summed E-state index contributed by atoms with van der Waals surface area (Å²) in [6.07, 6.45) is 0.845. The van der Waals surface area contributed by atoms with Gasteiger partial charge >= 0.3 is 0 Å². The van der Waals surface area contributed by atoms with Gasteiger partial charge in [0.2, 0.25) is 5.91 Å². The van der Waals surface area contributed by atoms with Crippen molar-refractivity contribution in [3.8, 4) is 5.75 Å². The molecule has 140 valence electrons. The number of hydrogen-bond donors (Lipinski definition) is 2. The third kappa shape index (κ3) is 5.86. The number of carbonyl (C=O) groups is 1. The minimum Gasteiger partial charge on any atom is -0.495 e. The molecule has 2 rings (SSSR count). The normalized spacial score (nSPS) is 11.8. The molecule has 2 aromatic carbocycles. The standard InChI is InChI=1S/C21H28N2O3/c1-4-26-14-8-13-22-20(17-9-6-5-7-10-17)21(24)23-18-15-16(2)11-12-19(18)25-3/h5-7,9-12,15,20,22H,4,8,13-14H2,1-3H3,(H,23,24)/t20-/m0/s1. The van der Waals surface area contributed by atoms with Crippen molar-refractivity contribution >= 4 is 11.6 Å². The molecular weight excluding hydrogens is 328 g/mol. The van der Waals surface area contributed by atoms with Crippen LogP contribution in [0.15, 0.2) is 48.5 Å². The molecule has 2 aromatic rings. The molecule has 0 aliphatic rings. The molecular formula is C21H28N2O3. The van der Waals surface area contributed by atoms with Gasteiger partial charge in [0, 0.05) is 13.2 Å². The van der Waals surface area contributed by atoms with Crippen LogP contribution in [0.25, 0.3) is 0 Å². The molecule has 0 saturated carbocycles. The summed E-state index contributed by atoms with van der Waals surface area (Å²) in [5, 5.41) is 6.33. The number of anilines is 1. The van der Waals surface area contributed by atoms with Gasteiger partial charge in [-0.1, -0.05) is 36.4 Å². The van der Waals surface area contributed by atoms with E-state index >= 15 is 0 Å². The molecule has 26 heavy (non-hydrogen) atoms. The zero-order valence-corrected chi connectivity index (χ0v) is 15.7. The molecule has 0 unspecified atom stereocenters. The second kappa shape index (κ2) is 10.6. The van der Waals surface area contributed by atoms with Crippen molar-refractivity contribution in [2.45, 2.75) is 26.3 Å². The summed E-state index contributed by atoms with van der Waals surface area (Å²) in [7, 11) is 1.60. The summed E-state index contributed by atoms with van der Waals surface area (Å²) < 4.78 is 10.7. The van der Waals surface area contributed by atoms with Crippen LogP contribution in [0.5, 0.6) is 5.75 Å². The largest absolute Gasteiger partial charge is 0.495 e. The van der Waals surface area contributed by atoms with Gasteiger partial charge in [0.25, 0.3) is 0 Å². The lowest BCUT2D eigenvalue weighted by Gasteiger charge is -2.20. The molecule has 5 nitrogen and oxygen atoms in total. The number of aryl methyl sites for hydroxylation is 1. The molecule has 5 heteroatoms. The molecule has 1 amide bonds. The smallest absolute Gasteiger partial charge is 0.246 e. The van der Waals surface area contributed by atoms with Gasteiger partial charge in [-0.15, -0.1) is 0 Å². The summed E-state index contributed by atoms with van der Waals surface area (Å²) in [5.74, 6) is 0.531. The van der Waals surface area contributed by atoms with Crippen LogP contribution in [0.3, 0.4) is 0 Å². The van der Waals surface area contributed by atoms with E-state index in [2.05, 4.69) is 10.6 Å². The van der Waals surface area contributed by atoms with E-state index in [1.54, 1.807) is 7.11 Å². The fraction of sp³-hybridized carbons (Fsp3) is 0.381. The molecule has 0 aliphatic carbocycles. The molecule has 0 aliphatic heterocycles. The Bertz CT molecular complexity index is 689. The quantitative estimate of drug-likeness (QED) is 0.637. The summed E-state index contributed by atoms with van der Waals surface area (Å²) in [6, 6.07) is 15.0. The average Bonchev–Trinajstić information content (AvgIpc) is 2.65. The number of carbonyl (C=O) groups excluding carboxylic acids is 1. The number of rotatable bonds is 10. The first-order valence-corrected chi connectivity index (χ1v) is 8.97. The van der Waals surface area contributed by atoms with E-state index in [-0.39, 0.29) is 5.91 Å². The number of hydrogen-bond acceptors (Lipinski definition) is 4. The Kier molecular flexibility index (Phi) is 8.12. The predicted molar refractivity (Wildman–Crippen MR) is 105 cm³/mol. The second-order valence-electron chi connectivity index (χ2n) is 6.04. The average molecular weight is 356 g/mol. The maximum atomic E-state index is 13.0. The predicted octanol–water partition coefficient (Wildman–Crippen LogP) is 3.70. The molecule has 0 heterocycles. The van der Waals surface area contributed by atoms with Crippen molar-refractivity contribution in [2.75, 3.05) is 32.2 Å². The Morgan fingerprint density at radius 2 is 1.92 bits per heavy atom. The number of nitrogens with one attached hydrogen (secondary N) is 2. The van der Waals surface area contributed by atoms with Gasteiger partial charge in [-0.2, -0.15) is 0 Å². The summed E-state index contributed by atoms with van der Waals surface area (Å²) in [5.41, 5.74) is 2.66. The summed E-state index contributed by atoms with van der Waals surface area (Å²) >= 11 is 0. The van der Waals surface area contributed by atoms with E-state index in [4.69, 9.17) is 9.47 Å². The third-order valence-electron chi connectivity index (χ3n) is 4.03. The highest BCUT2D eigenvalue weighted by atomic mass is 16.5. The molecule has 2 N–H and O–H groups in total. The fourth-order valence-corrected chi connectivity index (χ4v) is 2.70. The highest BCUT2D eigenvalue weighted by Gasteiger charge is 2.21. The number of amides is 1. The Hall–Kier alpha value is -2.37. The number of methoxy groups -OCH3 is 1. The molecule has 0 saturated heterocycles. The van der Waals surface area contributed by atoms with Crippen LogP contribution in [0.1, 0.15) is 30.5 Å². The van der Waals surface area contributed by atoms with E-state index < -0.39 is 6.04 Å². The maximum Gasteiger partial charge on any atom is 0.246 e. The van der Waals surface area contributed by atoms with Crippen molar-refractivity contribution in [3.05, 3.63) is 59.7 Å². The van der Waals surface area contributed by atoms with E-state index in [0.29, 0.717) is 31.2 Å². The van der Waals surface area contributed by atoms with Crippen LogP contribution in [0.4, 0.5) is 5.69 Å². The minimum absolute atomic E-state index is 0.114. The molecule has 0 aromatic heterocycles. The first-order chi connectivity index (χ1) is 12.7. The lowest BCUT2D eigenvalue weighted by molar-refractivity contribution is -0.118. The Morgan fingerprint density at radius 3 is 2.62 bits per heavy atom. The van der Waals surface area contributed by atoms with Crippen LogP contribution in [-0.2, 0) is 9.53 Å². The van der Waals surface area contributed by atoms with E-state index in [1.807, 2.05) is 62.4 Å².